The van der Waals surface area contributed by atoms with Crippen molar-refractivity contribution in [3.63, 3.8) is 0 Å². The fraction of sp³-hybridized carbons (Fsp3) is 0.538. The fourth-order valence-electron chi connectivity index (χ4n) is 2.21. The van der Waals surface area contributed by atoms with E-state index in [1.165, 1.54) is 12.0 Å². The Balaban J connectivity index is 2.15. The van der Waals surface area contributed by atoms with Gasteiger partial charge in [0.05, 0.1) is 13.7 Å². The number of thioether (sulfide) groups is 1. The molecule has 2 aliphatic heterocycles. The van der Waals surface area contributed by atoms with Crippen LogP contribution in [0.25, 0.3) is 0 Å². The van der Waals surface area contributed by atoms with Gasteiger partial charge < -0.3 is 14.4 Å². The Morgan fingerprint density at radius 1 is 1.52 bits per heavy atom. The number of hydrogen-bond donors (Lipinski definition) is 0. The molecule has 0 aliphatic carbocycles. The molecule has 0 spiro atoms. The Morgan fingerprint density at radius 2 is 2.19 bits per heavy atom. The summed E-state index contributed by atoms with van der Waals surface area (Å²) in [5.74, 6) is -1.42. The molecule has 2 unspecified atom stereocenters. The first-order chi connectivity index (χ1) is 9.92. The number of likely N-dealkylation sites (tertiary alicyclic amines) is 1. The minimum Gasteiger partial charge on any atom is -0.467 e. The highest BCUT2D eigenvalue weighted by molar-refractivity contribution is 8.16. The van der Waals surface area contributed by atoms with Gasteiger partial charge in [-0.05, 0) is 19.4 Å². The molecule has 7 nitrogen and oxygen atoms in total. The van der Waals surface area contributed by atoms with Gasteiger partial charge in [0.25, 0.3) is 5.91 Å². The molecule has 0 aromatic heterocycles. The monoisotopic (exact) mass is 312 g/mol. The summed E-state index contributed by atoms with van der Waals surface area (Å²) >= 11 is 1.13. The van der Waals surface area contributed by atoms with Crippen molar-refractivity contribution < 1.29 is 23.9 Å². The maximum Gasteiger partial charge on any atom is 0.363 e. The second-order valence-electron chi connectivity index (χ2n) is 4.63. The summed E-state index contributed by atoms with van der Waals surface area (Å²) in [5.41, 5.74) is 0.499. The van der Waals surface area contributed by atoms with Crippen LogP contribution < -0.4 is 0 Å². The Kier molecular flexibility index (Phi) is 4.36. The van der Waals surface area contributed by atoms with E-state index in [0.29, 0.717) is 5.57 Å². The van der Waals surface area contributed by atoms with Crippen LogP contribution in [0.4, 0.5) is 0 Å². The number of fused-ring (bicyclic) bond motifs is 1. The van der Waals surface area contributed by atoms with Crippen molar-refractivity contribution in [2.75, 3.05) is 13.7 Å². The number of nitrogens with zero attached hydrogens (tertiary/aromatic N) is 2. The normalized spacial score (nSPS) is 24.6. The first-order valence-corrected chi connectivity index (χ1v) is 7.27. The standard InChI is InChI=1S/C13H16N2O5S/c1-5-20-13(18)9-14-7-10(16)15(11(7)21-9)8(6(2)3)12(17)19-4/h7-8,11H,2,5H2,1,3-4H3/t7?,8-,11?/m1/s1. The van der Waals surface area contributed by atoms with Gasteiger partial charge in [-0.25, -0.2) is 9.59 Å². The Hall–Kier alpha value is -1.83. The predicted molar refractivity (Wildman–Crippen MR) is 76.7 cm³/mol. The van der Waals surface area contributed by atoms with Crippen LogP contribution in [0, 0.1) is 0 Å². The van der Waals surface area contributed by atoms with Gasteiger partial charge in [-0.1, -0.05) is 18.3 Å². The van der Waals surface area contributed by atoms with E-state index >= 15 is 0 Å². The number of esters is 2. The van der Waals surface area contributed by atoms with Gasteiger partial charge in [0.15, 0.2) is 17.1 Å². The summed E-state index contributed by atoms with van der Waals surface area (Å²) < 4.78 is 9.58. The van der Waals surface area contributed by atoms with Gasteiger partial charge in [0.2, 0.25) is 0 Å². The number of methoxy groups -OCH3 is 1. The third-order valence-electron chi connectivity index (χ3n) is 3.16. The van der Waals surface area contributed by atoms with Crippen LogP contribution in [0.5, 0.6) is 0 Å². The van der Waals surface area contributed by atoms with Crippen molar-refractivity contribution in [2.24, 2.45) is 4.99 Å². The molecule has 0 aromatic rings. The first-order valence-electron chi connectivity index (χ1n) is 6.39. The second kappa shape index (κ2) is 5.88. The van der Waals surface area contributed by atoms with Gasteiger partial charge in [0, 0.05) is 0 Å². The minimum absolute atomic E-state index is 0.160. The molecule has 2 rings (SSSR count). The maximum absolute atomic E-state index is 12.1. The van der Waals surface area contributed by atoms with Gasteiger partial charge in [-0.2, -0.15) is 0 Å². The van der Waals surface area contributed by atoms with Crippen LogP contribution in [0.3, 0.4) is 0 Å². The smallest absolute Gasteiger partial charge is 0.363 e. The largest absolute Gasteiger partial charge is 0.467 e. The molecule has 1 saturated heterocycles. The summed E-state index contributed by atoms with van der Waals surface area (Å²) in [7, 11) is 1.25. The van der Waals surface area contributed by atoms with Crippen molar-refractivity contribution in [1.29, 1.82) is 0 Å². The number of hydrogen-bond acceptors (Lipinski definition) is 7. The zero-order chi connectivity index (χ0) is 15.7. The van der Waals surface area contributed by atoms with Crippen molar-refractivity contribution in [1.82, 2.24) is 4.90 Å². The zero-order valence-electron chi connectivity index (χ0n) is 12.0. The molecule has 0 bridgehead atoms. The Bertz CT molecular complexity index is 545. The molecule has 114 valence electrons. The Morgan fingerprint density at radius 3 is 2.71 bits per heavy atom. The maximum atomic E-state index is 12.1. The summed E-state index contributed by atoms with van der Waals surface area (Å²) in [5, 5.41) is -0.231. The highest BCUT2D eigenvalue weighted by Crippen LogP contribution is 2.41. The summed E-state index contributed by atoms with van der Waals surface area (Å²) in [4.78, 5) is 41.0. The quantitative estimate of drug-likeness (QED) is 0.414. The van der Waals surface area contributed by atoms with E-state index in [1.54, 1.807) is 13.8 Å². The van der Waals surface area contributed by atoms with Crippen molar-refractivity contribution >= 4 is 34.7 Å². The SMILES string of the molecule is C=C(C)[C@H](C(=O)OC)N1C(=O)C2N=C(C(=O)OCC)SC21. The minimum atomic E-state index is -0.854. The third kappa shape index (κ3) is 2.55. The van der Waals surface area contributed by atoms with Gasteiger partial charge >= 0.3 is 11.9 Å². The number of ether oxygens (including phenoxy) is 2. The predicted octanol–water partition coefficient (Wildman–Crippen LogP) is 0.349. The molecule has 0 aromatic carbocycles. The molecule has 1 fully saturated rings. The molecular formula is C13H16N2O5S. The Labute approximate surface area is 126 Å². The van der Waals surface area contributed by atoms with Crippen LogP contribution in [0.1, 0.15) is 13.8 Å². The van der Waals surface area contributed by atoms with E-state index < -0.39 is 29.4 Å². The zero-order valence-corrected chi connectivity index (χ0v) is 12.8. The third-order valence-corrected chi connectivity index (χ3v) is 4.38. The number of β-lactam (4-membered cyclic amide) rings is 1. The lowest BCUT2D eigenvalue weighted by Gasteiger charge is -2.44. The van der Waals surface area contributed by atoms with E-state index in [0.717, 1.165) is 11.8 Å². The lowest BCUT2D eigenvalue weighted by molar-refractivity contribution is -0.159. The van der Waals surface area contributed by atoms with Gasteiger partial charge in [-0.3, -0.25) is 9.79 Å². The van der Waals surface area contributed by atoms with E-state index in [2.05, 4.69) is 11.6 Å². The lowest BCUT2D eigenvalue weighted by atomic mass is 10.00. The van der Waals surface area contributed by atoms with E-state index in [-0.39, 0.29) is 17.6 Å². The summed E-state index contributed by atoms with van der Waals surface area (Å²) in [6.07, 6.45) is 0. The molecule has 2 aliphatic rings. The lowest BCUT2D eigenvalue weighted by Crippen LogP contribution is -2.66. The summed E-state index contributed by atoms with van der Waals surface area (Å²) in [6.45, 7) is 7.31. The molecule has 0 radical (unpaired) electrons. The van der Waals surface area contributed by atoms with Gasteiger partial charge in [-0.15, -0.1) is 0 Å². The van der Waals surface area contributed by atoms with Crippen LogP contribution in [-0.4, -0.2) is 59.0 Å². The number of aliphatic imine (C=N–C) groups is 1. The highest BCUT2D eigenvalue weighted by Gasteiger charge is 2.57. The molecule has 1 amide bonds. The van der Waals surface area contributed by atoms with E-state index in [9.17, 15) is 14.4 Å². The second-order valence-corrected chi connectivity index (χ2v) is 5.73. The number of carbonyl (C=O) groups is 3. The van der Waals surface area contributed by atoms with Crippen LogP contribution in [0.15, 0.2) is 17.1 Å². The van der Waals surface area contributed by atoms with E-state index in [4.69, 9.17) is 9.47 Å². The van der Waals surface area contributed by atoms with Crippen LogP contribution in [0.2, 0.25) is 0 Å². The molecular weight excluding hydrogens is 296 g/mol. The van der Waals surface area contributed by atoms with Crippen molar-refractivity contribution in [3.8, 4) is 0 Å². The molecule has 8 heteroatoms. The van der Waals surface area contributed by atoms with Gasteiger partial charge in [0.1, 0.15) is 5.37 Å². The molecule has 21 heavy (non-hydrogen) atoms. The van der Waals surface area contributed by atoms with E-state index in [1.807, 2.05) is 0 Å². The van der Waals surface area contributed by atoms with Crippen molar-refractivity contribution in [2.45, 2.75) is 31.3 Å². The molecule has 2 heterocycles. The first kappa shape index (κ1) is 15.6. The van der Waals surface area contributed by atoms with Crippen LogP contribution in [-0.2, 0) is 23.9 Å². The van der Waals surface area contributed by atoms with Crippen molar-refractivity contribution in [3.05, 3.63) is 12.2 Å². The number of carbonyl (C=O) groups excluding carboxylic acids is 3. The molecule has 0 saturated carbocycles. The fourth-order valence-corrected chi connectivity index (χ4v) is 3.42. The topological polar surface area (TPSA) is 85.3 Å². The summed E-state index contributed by atoms with van der Waals surface area (Å²) in [6, 6.07) is -1.49. The van der Waals surface area contributed by atoms with Crippen LogP contribution >= 0.6 is 11.8 Å². The molecule has 3 atom stereocenters. The average molecular weight is 312 g/mol. The highest BCUT2D eigenvalue weighted by atomic mass is 32.2. The number of amides is 1. The number of rotatable bonds is 5. The average Bonchev–Trinajstić information content (AvgIpc) is 2.83. The molecule has 0 N–H and O–H groups in total.